The summed E-state index contributed by atoms with van der Waals surface area (Å²) >= 11 is 0. The predicted octanol–water partition coefficient (Wildman–Crippen LogP) is 1.48. The van der Waals surface area contributed by atoms with E-state index in [0.29, 0.717) is 5.69 Å². The number of hydrogen-bond acceptors (Lipinski definition) is 4. The monoisotopic (exact) mass is 244 g/mol. The highest BCUT2D eigenvalue weighted by Gasteiger charge is 2.11. The van der Waals surface area contributed by atoms with Gasteiger partial charge in [-0.3, -0.25) is 10.2 Å². The van der Waals surface area contributed by atoms with Gasteiger partial charge in [0.15, 0.2) is 0 Å². The smallest absolute Gasteiger partial charge is 0.284 e. The number of hydrazine groups is 1. The topological polar surface area (TPSA) is 57.3 Å². The van der Waals surface area contributed by atoms with E-state index in [1.54, 1.807) is 25.2 Å². The Morgan fingerprint density at radius 3 is 2.67 bits per heavy atom. The number of anilines is 1. The Bertz CT molecular complexity index is 580. The van der Waals surface area contributed by atoms with E-state index in [1.807, 2.05) is 31.3 Å². The molecule has 0 bridgehead atoms. The number of nitrogens with zero attached hydrogens (tertiary/aromatic N) is 2. The fraction of sp³-hybridized carbons (Fsp3) is 0.231. The second-order valence-electron chi connectivity index (χ2n) is 4.16. The molecule has 1 aromatic heterocycles. The van der Waals surface area contributed by atoms with Gasteiger partial charge in [0.05, 0.1) is 5.52 Å². The molecule has 0 radical (unpaired) electrons. The first-order valence-corrected chi connectivity index (χ1v) is 5.67. The normalized spacial score (nSPS) is 10.7. The Kier molecular flexibility index (Phi) is 3.43. The van der Waals surface area contributed by atoms with Gasteiger partial charge < -0.3 is 5.32 Å². The second-order valence-corrected chi connectivity index (χ2v) is 4.16. The molecule has 0 aliphatic carbocycles. The lowest BCUT2D eigenvalue weighted by molar-refractivity contribution is 0.0852. The van der Waals surface area contributed by atoms with Crippen LogP contribution < -0.4 is 10.7 Å². The van der Waals surface area contributed by atoms with Gasteiger partial charge >= 0.3 is 0 Å². The van der Waals surface area contributed by atoms with Crippen LogP contribution in [-0.4, -0.2) is 37.0 Å². The van der Waals surface area contributed by atoms with Crippen molar-refractivity contribution in [1.29, 1.82) is 0 Å². The number of fused-ring (bicyclic) bond motifs is 1. The Labute approximate surface area is 106 Å². The van der Waals surface area contributed by atoms with Crippen LogP contribution in [0.4, 0.5) is 5.69 Å². The number of amides is 1. The molecule has 2 aromatic rings. The number of benzene rings is 1. The highest BCUT2D eigenvalue weighted by atomic mass is 16.2. The number of nitrogens with one attached hydrogen (secondary N) is 2. The van der Waals surface area contributed by atoms with E-state index in [4.69, 9.17) is 0 Å². The average molecular weight is 244 g/mol. The number of rotatable bonds is 3. The van der Waals surface area contributed by atoms with E-state index in [0.717, 1.165) is 16.6 Å². The first-order chi connectivity index (χ1) is 8.61. The fourth-order valence-electron chi connectivity index (χ4n) is 1.76. The third-order valence-corrected chi connectivity index (χ3v) is 2.54. The number of carbonyl (C=O) groups excluding carboxylic acids is 1. The standard InChI is InChI=1S/C13H16N4O/c1-14-11-8-12(13(18)16-17(2)3)15-10-7-5-4-6-9(10)11/h4-8H,1-3H3,(H,14,15)(H,16,18). The van der Waals surface area contributed by atoms with Gasteiger partial charge in [-0.2, -0.15) is 0 Å². The Morgan fingerprint density at radius 2 is 2.00 bits per heavy atom. The van der Waals surface area contributed by atoms with Crippen LogP contribution in [0.3, 0.4) is 0 Å². The molecule has 0 aliphatic heterocycles. The van der Waals surface area contributed by atoms with Gasteiger partial charge in [0.2, 0.25) is 0 Å². The summed E-state index contributed by atoms with van der Waals surface area (Å²) in [5, 5.41) is 5.68. The summed E-state index contributed by atoms with van der Waals surface area (Å²) in [6.45, 7) is 0. The van der Waals surface area contributed by atoms with E-state index in [-0.39, 0.29) is 5.91 Å². The van der Waals surface area contributed by atoms with Crippen molar-refractivity contribution in [1.82, 2.24) is 15.4 Å². The summed E-state index contributed by atoms with van der Waals surface area (Å²) < 4.78 is 0. The number of para-hydroxylation sites is 1. The van der Waals surface area contributed by atoms with E-state index in [2.05, 4.69) is 15.7 Å². The zero-order valence-electron chi connectivity index (χ0n) is 10.7. The van der Waals surface area contributed by atoms with Crippen molar-refractivity contribution in [2.24, 2.45) is 0 Å². The van der Waals surface area contributed by atoms with Crippen molar-refractivity contribution >= 4 is 22.5 Å². The van der Waals surface area contributed by atoms with Crippen LogP contribution in [0, 0.1) is 0 Å². The first kappa shape index (κ1) is 12.3. The maximum absolute atomic E-state index is 11.9. The molecule has 1 heterocycles. The van der Waals surface area contributed by atoms with Gasteiger partial charge in [-0.25, -0.2) is 9.99 Å². The van der Waals surface area contributed by atoms with Crippen molar-refractivity contribution in [2.45, 2.75) is 0 Å². The van der Waals surface area contributed by atoms with Crippen molar-refractivity contribution in [3.63, 3.8) is 0 Å². The zero-order valence-corrected chi connectivity index (χ0v) is 10.7. The summed E-state index contributed by atoms with van der Waals surface area (Å²) in [5.74, 6) is -0.220. The summed E-state index contributed by atoms with van der Waals surface area (Å²) in [7, 11) is 5.35. The lowest BCUT2D eigenvalue weighted by Crippen LogP contribution is -2.36. The van der Waals surface area contributed by atoms with Gasteiger partial charge in [0, 0.05) is 32.2 Å². The molecule has 2 rings (SSSR count). The number of carbonyl (C=O) groups is 1. The minimum absolute atomic E-state index is 0.220. The fourth-order valence-corrected chi connectivity index (χ4v) is 1.76. The molecule has 2 N–H and O–H groups in total. The Hall–Kier alpha value is -2.14. The van der Waals surface area contributed by atoms with Gasteiger partial charge in [0.1, 0.15) is 5.69 Å². The lowest BCUT2D eigenvalue weighted by atomic mass is 10.1. The average Bonchev–Trinajstić information content (AvgIpc) is 2.36. The highest BCUT2D eigenvalue weighted by molar-refractivity contribution is 5.99. The van der Waals surface area contributed by atoms with Gasteiger partial charge in [0.25, 0.3) is 5.91 Å². The minimum Gasteiger partial charge on any atom is -0.388 e. The quantitative estimate of drug-likeness (QED) is 0.803. The van der Waals surface area contributed by atoms with Crippen molar-refractivity contribution < 1.29 is 4.79 Å². The molecule has 1 amide bonds. The minimum atomic E-state index is -0.220. The molecule has 5 nitrogen and oxygen atoms in total. The van der Waals surface area contributed by atoms with Gasteiger partial charge in [-0.05, 0) is 12.1 Å². The van der Waals surface area contributed by atoms with E-state index < -0.39 is 0 Å². The molecular weight excluding hydrogens is 228 g/mol. The molecule has 0 atom stereocenters. The number of pyridine rings is 1. The predicted molar refractivity (Wildman–Crippen MR) is 72.4 cm³/mol. The summed E-state index contributed by atoms with van der Waals surface area (Å²) in [4.78, 5) is 16.3. The van der Waals surface area contributed by atoms with Gasteiger partial charge in [-0.1, -0.05) is 18.2 Å². The molecule has 18 heavy (non-hydrogen) atoms. The first-order valence-electron chi connectivity index (χ1n) is 5.67. The molecule has 1 aromatic carbocycles. The van der Waals surface area contributed by atoms with Crippen LogP contribution in [0.15, 0.2) is 30.3 Å². The van der Waals surface area contributed by atoms with E-state index in [1.165, 1.54) is 0 Å². The largest absolute Gasteiger partial charge is 0.388 e. The molecule has 0 saturated carbocycles. The van der Waals surface area contributed by atoms with E-state index >= 15 is 0 Å². The molecule has 0 aliphatic rings. The summed E-state index contributed by atoms with van der Waals surface area (Å²) in [6, 6.07) is 9.47. The molecule has 5 heteroatoms. The van der Waals surface area contributed by atoms with Crippen LogP contribution >= 0.6 is 0 Å². The van der Waals surface area contributed by atoms with Crippen molar-refractivity contribution in [3.8, 4) is 0 Å². The lowest BCUT2D eigenvalue weighted by Gasteiger charge is -2.13. The van der Waals surface area contributed by atoms with Crippen LogP contribution in [0.1, 0.15) is 10.5 Å². The Morgan fingerprint density at radius 1 is 1.28 bits per heavy atom. The maximum atomic E-state index is 11.9. The van der Waals surface area contributed by atoms with Crippen LogP contribution in [-0.2, 0) is 0 Å². The Balaban J connectivity index is 2.50. The second kappa shape index (κ2) is 5.01. The van der Waals surface area contributed by atoms with Crippen LogP contribution in [0.5, 0.6) is 0 Å². The molecular formula is C13H16N4O. The zero-order chi connectivity index (χ0) is 13.1. The number of hydrogen-bond donors (Lipinski definition) is 2. The molecule has 0 fully saturated rings. The number of aromatic nitrogens is 1. The van der Waals surface area contributed by atoms with Crippen molar-refractivity contribution in [2.75, 3.05) is 26.5 Å². The van der Waals surface area contributed by atoms with Crippen molar-refractivity contribution in [3.05, 3.63) is 36.0 Å². The molecule has 0 unspecified atom stereocenters. The van der Waals surface area contributed by atoms with Crippen LogP contribution in [0.2, 0.25) is 0 Å². The third-order valence-electron chi connectivity index (χ3n) is 2.54. The third kappa shape index (κ3) is 2.41. The molecule has 0 spiro atoms. The SMILES string of the molecule is CNc1cc(C(=O)NN(C)C)nc2ccccc12. The highest BCUT2D eigenvalue weighted by Crippen LogP contribution is 2.22. The molecule has 0 saturated heterocycles. The van der Waals surface area contributed by atoms with E-state index in [9.17, 15) is 4.79 Å². The van der Waals surface area contributed by atoms with Crippen LogP contribution in [0.25, 0.3) is 10.9 Å². The summed E-state index contributed by atoms with van der Waals surface area (Å²) in [6.07, 6.45) is 0. The summed E-state index contributed by atoms with van der Waals surface area (Å²) in [5.41, 5.74) is 4.77. The van der Waals surface area contributed by atoms with Gasteiger partial charge in [-0.15, -0.1) is 0 Å². The maximum Gasteiger partial charge on any atom is 0.284 e. The molecule has 94 valence electrons.